The Hall–Kier alpha value is -3.04. The summed E-state index contributed by atoms with van der Waals surface area (Å²) >= 11 is 5.98. The number of hydrogen-bond acceptors (Lipinski definition) is 3. The van der Waals surface area contributed by atoms with Gasteiger partial charge in [-0.3, -0.25) is 4.79 Å². The first-order valence-corrected chi connectivity index (χ1v) is 10.7. The van der Waals surface area contributed by atoms with Crippen molar-refractivity contribution >= 4 is 22.6 Å². The van der Waals surface area contributed by atoms with Gasteiger partial charge in [0.05, 0.1) is 5.39 Å². The predicted octanol–water partition coefficient (Wildman–Crippen LogP) is 7.30. The first-order valence-electron chi connectivity index (χ1n) is 10.3. The van der Waals surface area contributed by atoms with E-state index in [1.54, 1.807) is 18.2 Å². The Balaban J connectivity index is 1.82. The highest BCUT2D eigenvalue weighted by Crippen LogP contribution is 2.33. The first kappa shape index (κ1) is 21.2. The summed E-state index contributed by atoms with van der Waals surface area (Å²) in [5, 5.41) is 1.16. The Kier molecular flexibility index (Phi) is 5.63. The van der Waals surface area contributed by atoms with Crippen LogP contribution in [0.1, 0.15) is 37.5 Å². The van der Waals surface area contributed by atoms with Crippen LogP contribution in [0.5, 0.6) is 5.75 Å². The van der Waals surface area contributed by atoms with Gasteiger partial charge in [0, 0.05) is 10.6 Å². The molecule has 0 aliphatic heterocycles. The third-order valence-corrected chi connectivity index (χ3v) is 5.57. The van der Waals surface area contributed by atoms with Crippen molar-refractivity contribution in [1.82, 2.24) is 0 Å². The van der Waals surface area contributed by atoms with Crippen molar-refractivity contribution in [2.75, 3.05) is 0 Å². The zero-order chi connectivity index (χ0) is 22.2. The summed E-state index contributed by atoms with van der Waals surface area (Å²) in [4.78, 5) is 13.3. The third kappa shape index (κ3) is 4.52. The van der Waals surface area contributed by atoms with Crippen molar-refractivity contribution in [3.8, 4) is 17.1 Å². The molecule has 0 bridgehead atoms. The fraction of sp³-hybridized carbons (Fsp3) is 0.222. The molecule has 4 rings (SSSR count). The van der Waals surface area contributed by atoms with Crippen molar-refractivity contribution in [2.45, 2.75) is 39.7 Å². The van der Waals surface area contributed by atoms with Crippen LogP contribution in [0.3, 0.4) is 0 Å². The van der Waals surface area contributed by atoms with Crippen LogP contribution in [-0.2, 0) is 12.0 Å². The first-order chi connectivity index (χ1) is 14.7. The standard InChI is InChI=1S/C27H25ClO3/c1-17-5-14-22-23(15-17)31-25(19-8-10-20(11-9-19)27(2,3)4)26(24(22)29)30-16-18-6-12-21(28)13-7-18/h5-15H,16H2,1-4H3. The second-order valence-corrected chi connectivity index (χ2v) is 9.27. The maximum absolute atomic E-state index is 13.3. The Morgan fingerprint density at radius 3 is 2.26 bits per heavy atom. The van der Waals surface area contributed by atoms with E-state index >= 15 is 0 Å². The Bertz CT molecular complexity index is 1280. The molecule has 1 aromatic heterocycles. The normalized spacial score (nSPS) is 11.6. The Morgan fingerprint density at radius 2 is 1.61 bits per heavy atom. The highest BCUT2D eigenvalue weighted by atomic mass is 35.5. The zero-order valence-electron chi connectivity index (χ0n) is 18.2. The molecule has 3 aromatic carbocycles. The van der Waals surface area contributed by atoms with Gasteiger partial charge in [-0.05, 0) is 53.3 Å². The van der Waals surface area contributed by atoms with E-state index < -0.39 is 0 Å². The number of halogens is 1. The molecule has 1 heterocycles. The van der Waals surface area contributed by atoms with Gasteiger partial charge in [-0.15, -0.1) is 0 Å². The second kappa shape index (κ2) is 8.24. The van der Waals surface area contributed by atoms with E-state index in [2.05, 4.69) is 32.9 Å². The van der Waals surface area contributed by atoms with Gasteiger partial charge in [-0.25, -0.2) is 0 Å². The molecule has 0 N–H and O–H groups in total. The van der Waals surface area contributed by atoms with Crippen LogP contribution in [0.25, 0.3) is 22.3 Å². The van der Waals surface area contributed by atoms with E-state index in [0.717, 1.165) is 16.7 Å². The van der Waals surface area contributed by atoms with Crippen molar-refractivity contribution in [3.63, 3.8) is 0 Å². The molecular formula is C27H25ClO3. The monoisotopic (exact) mass is 432 g/mol. The number of fused-ring (bicyclic) bond motifs is 1. The predicted molar refractivity (Wildman–Crippen MR) is 127 cm³/mol. The second-order valence-electron chi connectivity index (χ2n) is 8.83. The topological polar surface area (TPSA) is 39.4 Å². The molecule has 0 saturated heterocycles. The molecular weight excluding hydrogens is 408 g/mol. The van der Waals surface area contributed by atoms with Gasteiger partial charge >= 0.3 is 0 Å². The smallest absolute Gasteiger partial charge is 0.235 e. The molecule has 0 unspecified atom stereocenters. The van der Waals surface area contributed by atoms with Crippen molar-refractivity contribution in [1.29, 1.82) is 0 Å². The Morgan fingerprint density at radius 1 is 0.935 bits per heavy atom. The summed E-state index contributed by atoms with van der Waals surface area (Å²) < 4.78 is 12.3. The quantitative estimate of drug-likeness (QED) is 0.339. The molecule has 0 aliphatic carbocycles. The molecule has 0 amide bonds. The summed E-state index contributed by atoms with van der Waals surface area (Å²) in [6.07, 6.45) is 0. The van der Waals surface area contributed by atoms with Gasteiger partial charge in [0.15, 0.2) is 5.76 Å². The molecule has 31 heavy (non-hydrogen) atoms. The summed E-state index contributed by atoms with van der Waals surface area (Å²) in [5.41, 5.74) is 4.37. The largest absolute Gasteiger partial charge is 0.481 e. The van der Waals surface area contributed by atoms with Gasteiger partial charge in [0.2, 0.25) is 11.2 Å². The van der Waals surface area contributed by atoms with E-state index in [4.69, 9.17) is 20.8 Å². The summed E-state index contributed by atoms with van der Waals surface area (Å²) in [7, 11) is 0. The number of rotatable bonds is 4. The minimum Gasteiger partial charge on any atom is -0.481 e. The number of benzene rings is 3. The highest BCUT2D eigenvalue weighted by molar-refractivity contribution is 6.30. The molecule has 4 heteroatoms. The van der Waals surface area contributed by atoms with Crippen LogP contribution in [0.15, 0.2) is 75.9 Å². The molecule has 0 fully saturated rings. The van der Waals surface area contributed by atoms with E-state index in [9.17, 15) is 4.79 Å². The maximum atomic E-state index is 13.3. The van der Waals surface area contributed by atoms with Crippen LogP contribution < -0.4 is 10.2 Å². The van der Waals surface area contributed by atoms with E-state index in [0.29, 0.717) is 21.8 Å². The van der Waals surface area contributed by atoms with Crippen molar-refractivity contribution < 1.29 is 9.15 Å². The molecule has 0 aliphatic rings. The minimum absolute atomic E-state index is 0.0355. The molecule has 4 aromatic rings. The molecule has 0 saturated carbocycles. The lowest BCUT2D eigenvalue weighted by molar-refractivity contribution is 0.298. The highest BCUT2D eigenvalue weighted by Gasteiger charge is 2.19. The zero-order valence-corrected chi connectivity index (χ0v) is 18.9. The molecule has 3 nitrogen and oxygen atoms in total. The van der Waals surface area contributed by atoms with Crippen molar-refractivity contribution in [2.24, 2.45) is 0 Å². The van der Waals surface area contributed by atoms with Crippen LogP contribution in [-0.4, -0.2) is 0 Å². The average Bonchev–Trinajstić information content (AvgIpc) is 2.73. The van der Waals surface area contributed by atoms with Crippen LogP contribution in [0.2, 0.25) is 5.02 Å². The van der Waals surface area contributed by atoms with E-state index in [1.807, 2.05) is 43.3 Å². The van der Waals surface area contributed by atoms with Gasteiger partial charge in [-0.1, -0.05) is 74.8 Å². The fourth-order valence-electron chi connectivity index (χ4n) is 3.46. The van der Waals surface area contributed by atoms with Crippen LogP contribution in [0, 0.1) is 6.92 Å². The van der Waals surface area contributed by atoms with Crippen LogP contribution >= 0.6 is 11.6 Å². The molecule has 158 valence electrons. The molecule has 0 atom stereocenters. The third-order valence-electron chi connectivity index (χ3n) is 5.32. The fourth-order valence-corrected chi connectivity index (χ4v) is 3.59. The number of ether oxygens (including phenoxy) is 1. The average molecular weight is 433 g/mol. The summed E-state index contributed by atoms with van der Waals surface area (Å²) in [6.45, 7) is 8.72. The lowest BCUT2D eigenvalue weighted by Crippen LogP contribution is -2.11. The molecule has 0 radical (unpaired) electrons. The summed E-state index contributed by atoms with van der Waals surface area (Å²) in [6, 6.07) is 21.0. The van der Waals surface area contributed by atoms with Gasteiger partial charge in [0.1, 0.15) is 12.2 Å². The number of hydrogen-bond donors (Lipinski definition) is 0. The minimum atomic E-state index is -0.176. The number of aryl methyl sites for hydroxylation is 1. The van der Waals surface area contributed by atoms with Gasteiger partial charge in [0.25, 0.3) is 0 Å². The van der Waals surface area contributed by atoms with Crippen LogP contribution in [0.4, 0.5) is 0 Å². The Labute approximate surface area is 187 Å². The lowest BCUT2D eigenvalue weighted by atomic mass is 9.86. The van der Waals surface area contributed by atoms with Gasteiger partial charge in [-0.2, -0.15) is 0 Å². The lowest BCUT2D eigenvalue weighted by Gasteiger charge is -2.19. The SMILES string of the molecule is Cc1ccc2c(=O)c(OCc3ccc(Cl)cc3)c(-c3ccc(C(C)(C)C)cc3)oc2c1. The van der Waals surface area contributed by atoms with E-state index in [-0.39, 0.29) is 23.2 Å². The maximum Gasteiger partial charge on any atom is 0.235 e. The van der Waals surface area contributed by atoms with Gasteiger partial charge < -0.3 is 9.15 Å². The van der Waals surface area contributed by atoms with E-state index in [1.165, 1.54) is 5.56 Å². The van der Waals surface area contributed by atoms with Crippen molar-refractivity contribution in [3.05, 3.63) is 98.7 Å². The molecule has 0 spiro atoms. The summed E-state index contributed by atoms with van der Waals surface area (Å²) in [5.74, 6) is 0.660.